The molecule has 0 saturated carbocycles. The highest BCUT2D eigenvalue weighted by atomic mass is 32.2. The van der Waals surface area contributed by atoms with Crippen LogP contribution in [0.3, 0.4) is 0 Å². The Balaban J connectivity index is 1.80. The second-order valence-electron chi connectivity index (χ2n) is 5.75. The molecule has 0 aliphatic carbocycles. The Labute approximate surface area is 146 Å². The van der Waals surface area contributed by atoms with Gasteiger partial charge in [0.1, 0.15) is 11.5 Å². The Bertz CT molecular complexity index is 982. The van der Waals surface area contributed by atoms with Gasteiger partial charge in [0, 0.05) is 6.42 Å². The Kier molecular flexibility index (Phi) is 3.89. The van der Waals surface area contributed by atoms with Crippen LogP contribution in [0, 0.1) is 0 Å². The molecule has 1 atom stereocenters. The van der Waals surface area contributed by atoms with Crippen LogP contribution in [0.2, 0.25) is 0 Å². The minimum Gasteiger partial charge on any atom is -0.463 e. The van der Waals surface area contributed by atoms with Gasteiger partial charge in [0.15, 0.2) is 0 Å². The zero-order valence-electron chi connectivity index (χ0n) is 13.3. The summed E-state index contributed by atoms with van der Waals surface area (Å²) in [4.78, 5) is 0.223. The van der Waals surface area contributed by atoms with E-state index in [9.17, 15) is 8.42 Å². The monoisotopic (exact) mass is 352 g/mol. The minimum atomic E-state index is -3.76. The van der Waals surface area contributed by atoms with Gasteiger partial charge in [-0.05, 0) is 29.8 Å². The Hall–Kier alpha value is -2.86. The molecule has 4 rings (SSSR count). The van der Waals surface area contributed by atoms with Crippen LogP contribution in [0.1, 0.15) is 23.8 Å². The minimum absolute atomic E-state index is 0.223. The third-order valence-corrected chi connectivity index (χ3v) is 5.85. The van der Waals surface area contributed by atoms with Gasteiger partial charge in [-0.1, -0.05) is 48.5 Å². The Morgan fingerprint density at radius 2 is 1.60 bits per heavy atom. The maximum atomic E-state index is 13.1. The van der Waals surface area contributed by atoms with Crippen molar-refractivity contribution in [3.05, 3.63) is 90.4 Å². The number of hydrazone groups is 1. The molecule has 126 valence electrons. The number of hydrogen-bond donors (Lipinski definition) is 0. The fourth-order valence-corrected chi connectivity index (χ4v) is 4.38. The second kappa shape index (κ2) is 6.22. The third-order valence-electron chi connectivity index (χ3n) is 4.15. The molecule has 2 heterocycles. The van der Waals surface area contributed by atoms with Crippen LogP contribution in [0.5, 0.6) is 0 Å². The molecular formula is C19H16N2O3S. The van der Waals surface area contributed by atoms with E-state index in [0.29, 0.717) is 17.9 Å². The number of rotatable bonds is 4. The van der Waals surface area contributed by atoms with E-state index >= 15 is 0 Å². The summed E-state index contributed by atoms with van der Waals surface area (Å²) in [6.45, 7) is 0. The van der Waals surface area contributed by atoms with Gasteiger partial charge in [-0.3, -0.25) is 0 Å². The molecule has 3 aromatic rings. The summed E-state index contributed by atoms with van der Waals surface area (Å²) < 4.78 is 32.9. The van der Waals surface area contributed by atoms with Gasteiger partial charge in [-0.25, -0.2) is 0 Å². The van der Waals surface area contributed by atoms with Gasteiger partial charge in [-0.2, -0.15) is 17.9 Å². The van der Waals surface area contributed by atoms with Crippen LogP contribution in [0.15, 0.2) is 93.5 Å². The lowest BCUT2D eigenvalue weighted by Gasteiger charge is -2.23. The molecule has 0 unspecified atom stereocenters. The van der Waals surface area contributed by atoms with Gasteiger partial charge in [-0.15, -0.1) is 0 Å². The Morgan fingerprint density at radius 3 is 2.24 bits per heavy atom. The van der Waals surface area contributed by atoms with Gasteiger partial charge in [0.2, 0.25) is 0 Å². The molecule has 0 N–H and O–H groups in total. The second-order valence-corrected chi connectivity index (χ2v) is 7.54. The van der Waals surface area contributed by atoms with Gasteiger partial charge < -0.3 is 4.42 Å². The van der Waals surface area contributed by atoms with Crippen LogP contribution in [0.4, 0.5) is 0 Å². The normalized spacial score (nSPS) is 17.5. The first-order valence-corrected chi connectivity index (χ1v) is 9.36. The third kappa shape index (κ3) is 2.85. The van der Waals surface area contributed by atoms with Crippen LogP contribution in [0.25, 0.3) is 0 Å². The fourth-order valence-electron chi connectivity index (χ4n) is 2.93. The van der Waals surface area contributed by atoms with Crippen LogP contribution < -0.4 is 0 Å². The van der Waals surface area contributed by atoms with E-state index < -0.39 is 16.1 Å². The van der Waals surface area contributed by atoms with Crippen molar-refractivity contribution in [3.63, 3.8) is 0 Å². The highest BCUT2D eigenvalue weighted by molar-refractivity contribution is 7.89. The maximum Gasteiger partial charge on any atom is 0.279 e. The topological polar surface area (TPSA) is 62.9 Å². The predicted octanol–water partition coefficient (Wildman–Crippen LogP) is 3.82. The smallest absolute Gasteiger partial charge is 0.279 e. The summed E-state index contributed by atoms with van der Waals surface area (Å²) in [5.41, 5.74) is 1.52. The van der Waals surface area contributed by atoms with Crippen molar-refractivity contribution in [1.29, 1.82) is 0 Å². The highest BCUT2D eigenvalue weighted by Gasteiger charge is 2.38. The van der Waals surface area contributed by atoms with Gasteiger partial charge in [0.05, 0.1) is 17.2 Å². The zero-order valence-corrected chi connectivity index (χ0v) is 14.1. The van der Waals surface area contributed by atoms with Crippen LogP contribution in [-0.4, -0.2) is 18.5 Å². The molecule has 1 aliphatic heterocycles. The first-order valence-electron chi connectivity index (χ1n) is 7.92. The molecule has 1 aromatic heterocycles. The summed E-state index contributed by atoms with van der Waals surface area (Å²) in [7, 11) is -3.76. The Morgan fingerprint density at radius 1 is 0.920 bits per heavy atom. The first-order chi connectivity index (χ1) is 12.2. The first kappa shape index (κ1) is 15.7. The van der Waals surface area contributed by atoms with Crippen molar-refractivity contribution >= 4 is 15.7 Å². The molecule has 0 spiro atoms. The summed E-state index contributed by atoms with van der Waals surface area (Å²) in [6, 6.07) is 21.1. The highest BCUT2D eigenvalue weighted by Crippen LogP contribution is 2.36. The lowest BCUT2D eigenvalue weighted by molar-refractivity contribution is 0.371. The molecule has 0 saturated heterocycles. The number of benzene rings is 2. The molecule has 0 bridgehead atoms. The largest absolute Gasteiger partial charge is 0.463 e. The number of sulfonamides is 1. The van der Waals surface area contributed by atoms with Crippen molar-refractivity contribution in [1.82, 2.24) is 4.41 Å². The number of furan rings is 1. The van der Waals surface area contributed by atoms with E-state index in [2.05, 4.69) is 5.10 Å². The van der Waals surface area contributed by atoms with Gasteiger partial charge >= 0.3 is 0 Å². The molecule has 5 nitrogen and oxygen atoms in total. The molecule has 6 heteroatoms. The van der Waals surface area contributed by atoms with Crippen molar-refractivity contribution < 1.29 is 12.8 Å². The van der Waals surface area contributed by atoms with E-state index in [0.717, 1.165) is 5.56 Å². The average Bonchev–Trinajstić information content (AvgIpc) is 3.33. The van der Waals surface area contributed by atoms with Gasteiger partial charge in [0.25, 0.3) is 10.0 Å². The van der Waals surface area contributed by atoms with Crippen LogP contribution in [-0.2, 0) is 10.0 Å². The van der Waals surface area contributed by atoms with Crippen LogP contribution >= 0.6 is 0 Å². The average molecular weight is 352 g/mol. The van der Waals surface area contributed by atoms with E-state index in [-0.39, 0.29) is 4.90 Å². The zero-order chi connectivity index (χ0) is 17.3. The van der Waals surface area contributed by atoms with E-state index in [1.165, 1.54) is 4.41 Å². The molecular weight excluding hydrogens is 336 g/mol. The number of nitrogens with zero attached hydrogens (tertiary/aromatic N) is 2. The molecule has 1 aliphatic rings. The summed E-state index contributed by atoms with van der Waals surface area (Å²) in [5, 5.41) is 4.40. The van der Waals surface area contributed by atoms with E-state index in [1.807, 2.05) is 30.3 Å². The summed E-state index contributed by atoms with van der Waals surface area (Å²) in [6.07, 6.45) is 2.02. The molecule has 0 amide bonds. The predicted molar refractivity (Wildman–Crippen MR) is 94.5 cm³/mol. The van der Waals surface area contributed by atoms with Crippen molar-refractivity contribution in [3.8, 4) is 0 Å². The van der Waals surface area contributed by atoms with E-state index in [4.69, 9.17) is 4.42 Å². The molecule has 0 radical (unpaired) electrons. The lowest BCUT2D eigenvalue weighted by atomic mass is 10.0. The molecule has 0 fully saturated rings. The standard InChI is InChI=1S/C19H16N2O3S/c22-25(23,16-10-5-2-6-11-16)21-18(15-8-3-1-4-9-15)14-17(20-21)19-12-7-13-24-19/h1-13,18H,14H2/t18-/m1/s1. The summed E-state index contributed by atoms with van der Waals surface area (Å²) in [5.74, 6) is 0.590. The molecule has 25 heavy (non-hydrogen) atoms. The quantitative estimate of drug-likeness (QED) is 0.717. The van der Waals surface area contributed by atoms with Crippen molar-refractivity contribution in [2.24, 2.45) is 5.10 Å². The number of hydrogen-bond acceptors (Lipinski definition) is 4. The summed E-state index contributed by atoms with van der Waals surface area (Å²) >= 11 is 0. The van der Waals surface area contributed by atoms with E-state index in [1.54, 1.807) is 48.7 Å². The molecule has 2 aromatic carbocycles. The SMILES string of the molecule is O=S(=O)(c1ccccc1)N1N=C(c2ccco2)C[C@@H]1c1ccccc1. The fraction of sp³-hybridized carbons (Fsp3) is 0.105. The van der Waals surface area contributed by atoms with Crippen molar-refractivity contribution in [2.75, 3.05) is 0 Å². The lowest BCUT2D eigenvalue weighted by Crippen LogP contribution is -2.27. The van der Waals surface area contributed by atoms with Crippen molar-refractivity contribution in [2.45, 2.75) is 17.4 Å². The maximum absolute atomic E-state index is 13.1.